The molecular weight excluding hydrogens is 179 g/mol. The molecule has 1 heterocycles. The number of hydrogen-bond acceptors (Lipinski definition) is 1. The van der Waals surface area contributed by atoms with E-state index < -0.39 is 5.82 Å². The number of halogens is 1. The fourth-order valence-electron chi connectivity index (χ4n) is 1.53. The van der Waals surface area contributed by atoms with E-state index in [2.05, 4.69) is 4.98 Å². The van der Waals surface area contributed by atoms with Crippen LogP contribution in [0.3, 0.4) is 0 Å². The molecule has 0 amide bonds. The molecule has 2 rings (SSSR count). The van der Waals surface area contributed by atoms with Crippen molar-refractivity contribution >= 4 is 10.9 Å². The minimum Gasteiger partial charge on any atom is -0.357 e. The predicted molar refractivity (Wildman–Crippen MR) is 52.3 cm³/mol. The third-order valence-electron chi connectivity index (χ3n) is 2.29. The molecule has 2 aromatic rings. The Morgan fingerprint density at radius 3 is 2.93 bits per heavy atom. The summed E-state index contributed by atoms with van der Waals surface area (Å²) in [6.45, 7) is 2.01. The Balaban J connectivity index is 2.81. The number of nitrogens with one attached hydrogen (secondary N) is 1. The molecule has 0 unspecified atom stereocenters. The van der Waals surface area contributed by atoms with E-state index in [-0.39, 0.29) is 5.56 Å². The molecular formula is C11H9FN2. The third-order valence-corrected chi connectivity index (χ3v) is 2.29. The van der Waals surface area contributed by atoms with E-state index in [1.165, 1.54) is 6.07 Å². The molecule has 3 heteroatoms. The number of aryl methyl sites for hydroxylation is 1. The van der Waals surface area contributed by atoms with E-state index in [4.69, 9.17) is 5.26 Å². The SMILES string of the molecule is CCc1cc2ccc(F)c(C#N)c2[nH]1. The molecule has 0 aliphatic rings. The summed E-state index contributed by atoms with van der Waals surface area (Å²) in [6, 6.07) is 6.82. The van der Waals surface area contributed by atoms with Gasteiger partial charge in [0, 0.05) is 11.1 Å². The van der Waals surface area contributed by atoms with Crippen LogP contribution < -0.4 is 0 Å². The molecule has 0 bridgehead atoms. The summed E-state index contributed by atoms with van der Waals surface area (Å²) in [6.07, 6.45) is 0.848. The Labute approximate surface area is 81.0 Å². The summed E-state index contributed by atoms with van der Waals surface area (Å²) < 4.78 is 13.2. The number of hydrogen-bond donors (Lipinski definition) is 1. The van der Waals surface area contributed by atoms with Crippen molar-refractivity contribution in [2.45, 2.75) is 13.3 Å². The summed E-state index contributed by atoms with van der Waals surface area (Å²) in [4.78, 5) is 3.04. The highest BCUT2D eigenvalue weighted by Gasteiger charge is 2.08. The zero-order valence-electron chi connectivity index (χ0n) is 7.76. The number of nitriles is 1. The molecule has 0 saturated carbocycles. The van der Waals surface area contributed by atoms with Crippen molar-refractivity contribution in [2.75, 3.05) is 0 Å². The molecule has 1 N–H and O–H groups in total. The Morgan fingerprint density at radius 2 is 2.29 bits per heavy atom. The maximum atomic E-state index is 13.2. The van der Waals surface area contributed by atoms with Gasteiger partial charge < -0.3 is 4.98 Å². The first-order valence-electron chi connectivity index (χ1n) is 4.46. The van der Waals surface area contributed by atoms with Crippen LogP contribution in [0.15, 0.2) is 18.2 Å². The zero-order chi connectivity index (χ0) is 10.1. The fourth-order valence-corrected chi connectivity index (χ4v) is 1.53. The Bertz CT molecular complexity index is 520. The van der Waals surface area contributed by atoms with Crippen LogP contribution in [0.1, 0.15) is 18.2 Å². The van der Waals surface area contributed by atoms with Crippen LogP contribution >= 0.6 is 0 Å². The van der Waals surface area contributed by atoms with Crippen molar-refractivity contribution in [3.05, 3.63) is 35.3 Å². The number of nitrogens with zero attached hydrogens (tertiary/aromatic N) is 1. The van der Waals surface area contributed by atoms with Crippen LogP contribution in [-0.4, -0.2) is 4.98 Å². The van der Waals surface area contributed by atoms with Crippen LogP contribution in [0.2, 0.25) is 0 Å². The first-order valence-corrected chi connectivity index (χ1v) is 4.46. The molecule has 14 heavy (non-hydrogen) atoms. The van der Waals surface area contributed by atoms with Crippen LogP contribution in [0.25, 0.3) is 10.9 Å². The summed E-state index contributed by atoms with van der Waals surface area (Å²) in [5.74, 6) is -0.468. The predicted octanol–water partition coefficient (Wildman–Crippen LogP) is 2.74. The topological polar surface area (TPSA) is 39.6 Å². The van der Waals surface area contributed by atoms with Crippen molar-refractivity contribution in [2.24, 2.45) is 0 Å². The van der Waals surface area contributed by atoms with E-state index >= 15 is 0 Å². The molecule has 0 aliphatic heterocycles. The van der Waals surface area contributed by atoms with Crippen LogP contribution in [0, 0.1) is 17.1 Å². The van der Waals surface area contributed by atoms with Crippen LogP contribution in [0.5, 0.6) is 0 Å². The van der Waals surface area contributed by atoms with Gasteiger partial charge in [-0.25, -0.2) is 4.39 Å². The summed E-state index contributed by atoms with van der Waals surface area (Å²) in [5, 5.41) is 9.68. The van der Waals surface area contributed by atoms with E-state index in [1.807, 2.05) is 19.1 Å². The summed E-state index contributed by atoms with van der Waals surface area (Å²) in [7, 11) is 0. The Morgan fingerprint density at radius 1 is 1.50 bits per heavy atom. The molecule has 0 spiro atoms. The van der Waals surface area contributed by atoms with Crippen molar-refractivity contribution in [1.82, 2.24) is 4.98 Å². The number of aromatic amines is 1. The van der Waals surface area contributed by atoms with Gasteiger partial charge in [0.1, 0.15) is 17.4 Å². The van der Waals surface area contributed by atoms with Crippen molar-refractivity contribution < 1.29 is 4.39 Å². The average Bonchev–Trinajstić information content (AvgIpc) is 2.60. The molecule has 1 aromatic heterocycles. The number of H-pyrrole nitrogens is 1. The van der Waals surface area contributed by atoms with Gasteiger partial charge in [0.15, 0.2) is 0 Å². The second-order valence-corrected chi connectivity index (χ2v) is 3.15. The highest BCUT2D eigenvalue weighted by Crippen LogP contribution is 2.21. The maximum absolute atomic E-state index is 13.2. The molecule has 0 fully saturated rings. The number of aromatic nitrogens is 1. The highest BCUT2D eigenvalue weighted by atomic mass is 19.1. The van der Waals surface area contributed by atoms with E-state index in [1.54, 1.807) is 6.07 Å². The quantitative estimate of drug-likeness (QED) is 0.734. The van der Waals surface area contributed by atoms with Crippen LogP contribution in [0.4, 0.5) is 4.39 Å². The maximum Gasteiger partial charge on any atom is 0.143 e. The van der Waals surface area contributed by atoms with Gasteiger partial charge in [0.05, 0.1) is 5.52 Å². The lowest BCUT2D eigenvalue weighted by molar-refractivity contribution is 0.626. The van der Waals surface area contributed by atoms with Gasteiger partial charge in [-0.3, -0.25) is 0 Å². The van der Waals surface area contributed by atoms with E-state index in [0.717, 1.165) is 17.5 Å². The minimum absolute atomic E-state index is 0.0993. The Kier molecular flexibility index (Phi) is 1.97. The number of rotatable bonds is 1. The molecule has 0 saturated heterocycles. The molecule has 2 nitrogen and oxygen atoms in total. The van der Waals surface area contributed by atoms with Crippen molar-refractivity contribution in [3.63, 3.8) is 0 Å². The average molecular weight is 188 g/mol. The summed E-state index contributed by atoms with van der Waals surface area (Å²) >= 11 is 0. The van der Waals surface area contributed by atoms with Gasteiger partial charge >= 0.3 is 0 Å². The standard InChI is InChI=1S/C11H9FN2/c1-2-8-5-7-3-4-10(12)9(6-13)11(7)14-8/h3-5,14H,2H2,1H3. The van der Waals surface area contributed by atoms with Gasteiger partial charge in [0.25, 0.3) is 0 Å². The smallest absolute Gasteiger partial charge is 0.143 e. The molecule has 1 aromatic carbocycles. The van der Waals surface area contributed by atoms with Gasteiger partial charge in [-0.2, -0.15) is 5.26 Å². The third kappa shape index (κ3) is 1.16. The second-order valence-electron chi connectivity index (χ2n) is 3.15. The monoisotopic (exact) mass is 188 g/mol. The van der Waals surface area contributed by atoms with Gasteiger partial charge in [-0.15, -0.1) is 0 Å². The normalized spacial score (nSPS) is 10.4. The second kappa shape index (κ2) is 3.15. The number of fused-ring (bicyclic) bond motifs is 1. The molecule has 70 valence electrons. The van der Waals surface area contributed by atoms with Gasteiger partial charge in [0.2, 0.25) is 0 Å². The van der Waals surface area contributed by atoms with Crippen molar-refractivity contribution in [3.8, 4) is 6.07 Å². The number of benzene rings is 1. The largest absolute Gasteiger partial charge is 0.357 e. The van der Waals surface area contributed by atoms with Crippen molar-refractivity contribution in [1.29, 1.82) is 5.26 Å². The molecule has 0 aliphatic carbocycles. The summed E-state index contributed by atoms with van der Waals surface area (Å²) in [5.41, 5.74) is 1.72. The van der Waals surface area contributed by atoms with E-state index in [9.17, 15) is 4.39 Å². The minimum atomic E-state index is -0.468. The van der Waals surface area contributed by atoms with Crippen LogP contribution in [-0.2, 0) is 6.42 Å². The lowest BCUT2D eigenvalue weighted by Crippen LogP contribution is -1.85. The first kappa shape index (κ1) is 8.76. The lowest BCUT2D eigenvalue weighted by atomic mass is 10.1. The molecule has 0 atom stereocenters. The Hall–Kier alpha value is -1.82. The van der Waals surface area contributed by atoms with E-state index in [0.29, 0.717) is 5.52 Å². The first-order chi connectivity index (χ1) is 6.76. The zero-order valence-corrected chi connectivity index (χ0v) is 7.76. The lowest BCUT2D eigenvalue weighted by Gasteiger charge is -1.94. The molecule has 0 radical (unpaired) electrons. The van der Waals surface area contributed by atoms with Gasteiger partial charge in [-0.1, -0.05) is 6.92 Å². The van der Waals surface area contributed by atoms with Gasteiger partial charge in [-0.05, 0) is 24.6 Å². The highest BCUT2D eigenvalue weighted by molar-refractivity contribution is 5.85. The fraction of sp³-hybridized carbons (Fsp3) is 0.182.